The third-order valence-corrected chi connectivity index (χ3v) is 4.22. The summed E-state index contributed by atoms with van der Waals surface area (Å²) in [6.45, 7) is 0. The second kappa shape index (κ2) is 7.65. The lowest BCUT2D eigenvalue weighted by atomic mass is 10.1. The van der Waals surface area contributed by atoms with Crippen LogP contribution in [-0.2, 0) is 16.0 Å². The molecule has 0 amide bonds. The first-order chi connectivity index (χ1) is 11.4. The second-order valence-electron chi connectivity index (χ2n) is 4.82. The molecular formula is C17H14O6S. The molecule has 0 radical (unpaired) electrons. The minimum atomic E-state index is -1.13. The van der Waals surface area contributed by atoms with Crippen molar-refractivity contribution in [3.05, 3.63) is 59.2 Å². The van der Waals surface area contributed by atoms with E-state index in [0.717, 1.165) is 4.90 Å². The first-order valence-corrected chi connectivity index (χ1v) is 7.66. The Hall–Kier alpha value is -2.80. The summed E-state index contributed by atoms with van der Waals surface area (Å²) in [5, 5.41) is 18.1. The largest absolute Gasteiger partial charge is 0.481 e. The van der Waals surface area contributed by atoms with Crippen LogP contribution in [0.4, 0.5) is 0 Å². The standard InChI is InChI=1S/C17H14O6S/c1-23-17(22)11-3-5-12(6-4-11)24-14-7-2-10(9-15(18)19)8-13(14)16(20)21/h2-8H,9H2,1H3,(H,18,19)(H,20,21). The molecule has 0 saturated carbocycles. The molecule has 6 nitrogen and oxygen atoms in total. The van der Waals surface area contributed by atoms with Crippen molar-refractivity contribution in [2.75, 3.05) is 7.11 Å². The predicted octanol–water partition coefficient (Wildman–Crippen LogP) is 2.95. The highest BCUT2D eigenvalue weighted by atomic mass is 32.2. The fraction of sp³-hybridized carbons (Fsp3) is 0.118. The van der Waals surface area contributed by atoms with E-state index in [1.807, 2.05) is 0 Å². The highest BCUT2D eigenvalue weighted by molar-refractivity contribution is 7.99. The van der Waals surface area contributed by atoms with Gasteiger partial charge >= 0.3 is 17.9 Å². The van der Waals surface area contributed by atoms with Crippen molar-refractivity contribution in [3.63, 3.8) is 0 Å². The monoisotopic (exact) mass is 346 g/mol. The van der Waals surface area contributed by atoms with E-state index in [1.165, 1.54) is 24.9 Å². The minimum absolute atomic E-state index is 0.0378. The summed E-state index contributed by atoms with van der Waals surface area (Å²) in [5.41, 5.74) is 0.859. The molecule has 0 bridgehead atoms. The van der Waals surface area contributed by atoms with Crippen molar-refractivity contribution in [3.8, 4) is 0 Å². The van der Waals surface area contributed by atoms with Gasteiger partial charge in [-0.15, -0.1) is 0 Å². The summed E-state index contributed by atoms with van der Waals surface area (Å²) < 4.78 is 4.62. The van der Waals surface area contributed by atoms with Crippen LogP contribution in [-0.4, -0.2) is 35.2 Å². The van der Waals surface area contributed by atoms with E-state index in [0.29, 0.717) is 16.0 Å². The molecule has 0 saturated heterocycles. The molecule has 0 aromatic heterocycles. The van der Waals surface area contributed by atoms with Crippen molar-refractivity contribution in [2.24, 2.45) is 0 Å². The van der Waals surface area contributed by atoms with Gasteiger partial charge in [-0.05, 0) is 42.0 Å². The average molecular weight is 346 g/mol. The van der Waals surface area contributed by atoms with Crippen molar-refractivity contribution < 1.29 is 29.3 Å². The number of aromatic carboxylic acids is 1. The van der Waals surface area contributed by atoms with Gasteiger partial charge in [0.2, 0.25) is 0 Å². The Kier molecular flexibility index (Phi) is 5.59. The Labute approximate surface area is 142 Å². The third kappa shape index (κ3) is 4.36. The molecule has 0 aliphatic carbocycles. The van der Waals surface area contributed by atoms with Crippen LogP contribution in [0.3, 0.4) is 0 Å². The van der Waals surface area contributed by atoms with E-state index in [4.69, 9.17) is 5.11 Å². The quantitative estimate of drug-likeness (QED) is 0.775. The van der Waals surface area contributed by atoms with Gasteiger partial charge in [0.1, 0.15) is 0 Å². The van der Waals surface area contributed by atoms with Crippen LogP contribution in [0, 0.1) is 0 Å². The van der Waals surface area contributed by atoms with Crippen molar-refractivity contribution in [1.82, 2.24) is 0 Å². The van der Waals surface area contributed by atoms with Crippen LogP contribution in [0.2, 0.25) is 0 Å². The second-order valence-corrected chi connectivity index (χ2v) is 5.94. The maximum Gasteiger partial charge on any atom is 0.337 e. The highest BCUT2D eigenvalue weighted by Gasteiger charge is 2.14. The summed E-state index contributed by atoms with van der Waals surface area (Å²) in [6.07, 6.45) is -0.237. The summed E-state index contributed by atoms with van der Waals surface area (Å²) >= 11 is 1.22. The number of benzene rings is 2. The molecular weight excluding hydrogens is 332 g/mol. The maximum absolute atomic E-state index is 11.4. The molecule has 0 fully saturated rings. The number of ether oxygens (including phenoxy) is 1. The van der Waals surface area contributed by atoms with E-state index >= 15 is 0 Å². The summed E-state index contributed by atoms with van der Waals surface area (Å²) in [7, 11) is 1.29. The first-order valence-electron chi connectivity index (χ1n) is 6.85. The van der Waals surface area contributed by atoms with Gasteiger partial charge in [-0.3, -0.25) is 4.79 Å². The summed E-state index contributed by atoms with van der Waals surface area (Å²) in [5.74, 6) is -2.60. The molecule has 124 valence electrons. The summed E-state index contributed by atoms with van der Waals surface area (Å²) in [4.78, 5) is 34.8. The minimum Gasteiger partial charge on any atom is -0.481 e. The number of hydrogen-bond acceptors (Lipinski definition) is 5. The number of carboxylic acid groups (broad SMARTS) is 2. The zero-order valence-corrected chi connectivity index (χ0v) is 13.5. The van der Waals surface area contributed by atoms with Crippen LogP contribution < -0.4 is 0 Å². The van der Waals surface area contributed by atoms with Gasteiger partial charge in [0.25, 0.3) is 0 Å². The molecule has 2 aromatic rings. The average Bonchev–Trinajstić information content (AvgIpc) is 2.55. The normalized spacial score (nSPS) is 10.2. The lowest BCUT2D eigenvalue weighted by Gasteiger charge is -2.08. The zero-order chi connectivity index (χ0) is 17.7. The van der Waals surface area contributed by atoms with Crippen LogP contribution >= 0.6 is 11.8 Å². The number of carboxylic acids is 2. The van der Waals surface area contributed by atoms with Gasteiger partial charge in [0.15, 0.2) is 0 Å². The molecule has 0 unspecified atom stereocenters. The Bertz CT molecular complexity index is 782. The Morgan fingerprint density at radius 1 is 1.04 bits per heavy atom. The fourth-order valence-corrected chi connectivity index (χ4v) is 2.94. The molecule has 24 heavy (non-hydrogen) atoms. The molecule has 0 aliphatic rings. The maximum atomic E-state index is 11.4. The fourth-order valence-electron chi connectivity index (χ4n) is 2.02. The molecule has 2 N–H and O–H groups in total. The topological polar surface area (TPSA) is 101 Å². The molecule has 2 aromatic carbocycles. The third-order valence-electron chi connectivity index (χ3n) is 3.13. The lowest BCUT2D eigenvalue weighted by Crippen LogP contribution is -2.04. The first kappa shape index (κ1) is 17.6. The van der Waals surface area contributed by atoms with Gasteiger partial charge in [-0.25, -0.2) is 9.59 Å². The number of aliphatic carboxylic acids is 1. The number of carbonyl (C=O) groups is 3. The van der Waals surface area contributed by atoms with E-state index in [9.17, 15) is 19.5 Å². The van der Waals surface area contributed by atoms with Gasteiger partial charge in [0.05, 0.1) is 24.7 Å². The number of esters is 1. The zero-order valence-electron chi connectivity index (χ0n) is 12.7. The Balaban J connectivity index is 2.26. The predicted molar refractivity (Wildman–Crippen MR) is 86.6 cm³/mol. The smallest absolute Gasteiger partial charge is 0.337 e. The van der Waals surface area contributed by atoms with E-state index in [1.54, 1.807) is 36.4 Å². The number of methoxy groups -OCH3 is 1. The van der Waals surface area contributed by atoms with Crippen molar-refractivity contribution >= 4 is 29.7 Å². The van der Waals surface area contributed by atoms with Crippen LogP contribution in [0.15, 0.2) is 52.3 Å². The SMILES string of the molecule is COC(=O)c1ccc(Sc2ccc(CC(=O)O)cc2C(=O)O)cc1. The molecule has 0 atom stereocenters. The van der Waals surface area contributed by atoms with Crippen LogP contribution in [0.1, 0.15) is 26.3 Å². The molecule has 2 rings (SSSR count). The number of carbonyl (C=O) groups excluding carboxylic acids is 1. The molecule has 0 heterocycles. The van der Waals surface area contributed by atoms with Gasteiger partial charge in [-0.2, -0.15) is 0 Å². The van der Waals surface area contributed by atoms with Crippen LogP contribution in [0.5, 0.6) is 0 Å². The molecule has 0 aliphatic heterocycles. The lowest BCUT2D eigenvalue weighted by molar-refractivity contribution is -0.136. The van der Waals surface area contributed by atoms with Gasteiger partial charge in [0, 0.05) is 9.79 Å². The van der Waals surface area contributed by atoms with Gasteiger partial charge < -0.3 is 14.9 Å². The van der Waals surface area contributed by atoms with E-state index < -0.39 is 17.9 Å². The molecule has 7 heteroatoms. The highest BCUT2D eigenvalue weighted by Crippen LogP contribution is 2.31. The van der Waals surface area contributed by atoms with E-state index in [-0.39, 0.29) is 12.0 Å². The Morgan fingerprint density at radius 3 is 2.25 bits per heavy atom. The van der Waals surface area contributed by atoms with Crippen molar-refractivity contribution in [2.45, 2.75) is 16.2 Å². The van der Waals surface area contributed by atoms with Crippen molar-refractivity contribution in [1.29, 1.82) is 0 Å². The number of rotatable bonds is 6. The van der Waals surface area contributed by atoms with Gasteiger partial charge in [-0.1, -0.05) is 17.8 Å². The Morgan fingerprint density at radius 2 is 1.71 bits per heavy atom. The number of hydrogen-bond donors (Lipinski definition) is 2. The van der Waals surface area contributed by atoms with E-state index in [2.05, 4.69) is 4.74 Å². The molecule has 0 spiro atoms. The summed E-state index contributed by atoms with van der Waals surface area (Å²) in [6, 6.07) is 11.1. The van der Waals surface area contributed by atoms with Crippen LogP contribution in [0.25, 0.3) is 0 Å².